The third-order valence-electron chi connectivity index (χ3n) is 5.12. The summed E-state index contributed by atoms with van der Waals surface area (Å²) in [4.78, 5) is 27.4. The molecule has 0 aliphatic carbocycles. The number of amides is 2. The number of benzene rings is 2. The molecule has 28 heavy (non-hydrogen) atoms. The van der Waals surface area contributed by atoms with E-state index < -0.39 is 5.92 Å². The number of nitrogens with one attached hydrogen (secondary N) is 1. The molecule has 0 unspecified atom stereocenters. The topological polar surface area (TPSA) is 58.6 Å². The second kappa shape index (κ2) is 8.97. The van der Waals surface area contributed by atoms with Gasteiger partial charge in [0.05, 0.1) is 12.5 Å². The molecular formula is C22H25FN2O3. The Hall–Kier alpha value is -2.73. The van der Waals surface area contributed by atoms with Crippen molar-refractivity contribution in [1.82, 2.24) is 10.2 Å². The minimum Gasteiger partial charge on any atom is -0.383 e. The Labute approximate surface area is 164 Å². The Morgan fingerprint density at radius 1 is 1.18 bits per heavy atom. The lowest BCUT2D eigenvalue weighted by atomic mass is 9.88. The van der Waals surface area contributed by atoms with E-state index in [-0.39, 0.29) is 23.5 Å². The molecule has 3 rings (SSSR count). The van der Waals surface area contributed by atoms with Crippen LogP contribution < -0.4 is 5.32 Å². The average molecular weight is 384 g/mol. The Morgan fingerprint density at radius 2 is 1.93 bits per heavy atom. The van der Waals surface area contributed by atoms with E-state index in [0.717, 1.165) is 11.1 Å². The van der Waals surface area contributed by atoms with Gasteiger partial charge in [0.25, 0.3) is 5.91 Å². The van der Waals surface area contributed by atoms with Gasteiger partial charge in [-0.2, -0.15) is 0 Å². The number of ether oxygens (including phenoxy) is 1. The molecule has 2 atom stereocenters. The number of aryl methyl sites for hydroxylation is 1. The fourth-order valence-electron chi connectivity index (χ4n) is 3.60. The zero-order chi connectivity index (χ0) is 20.1. The average Bonchev–Trinajstić information content (AvgIpc) is 3.14. The van der Waals surface area contributed by atoms with E-state index in [1.54, 1.807) is 30.2 Å². The Balaban J connectivity index is 1.82. The van der Waals surface area contributed by atoms with Crippen molar-refractivity contribution in [3.05, 3.63) is 71.0 Å². The molecule has 1 heterocycles. The van der Waals surface area contributed by atoms with Crippen LogP contribution in [0, 0.1) is 18.7 Å². The maximum Gasteiger partial charge on any atom is 0.253 e. The molecule has 6 heteroatoms. The number of rotatable bonds is 6. The zero-order valence-corrected chi connectivity index (χ0v) is 16.2. The van der Waals surface area contributed by atoms with E-state index in [1.165, 1.54) is 12.1 Å². The molecule has 148 valence electrons. The molecule has 0 aromatic heterocycles. The number of hydrogen-bond donors (Lipinski definition) is 1. The lowest BCUT2D eigenvalue weighted by Gasteiger charge is -2.18. The van der Waals surface area contributed by atoms with Crippen molar-refractivity contribution in [3.8, 4) is 0 Å². The monoisotopic (exact) mass is 384 g/mol. The number of hydrogen-bond acceptors (Lipinski definition) is 3. The van der Waals surface area contributed by atoms with Crippen LogP contribution in [0.15, 0.2) is 48.5 Å². The van der Waals surface area contributed by atoms with Gasteiger partial charge in [0.2, 0.25) is 5.91 Å². The van der Waals surface area contributed by atoms with Crippen LogP contribution in [0.2, 0.25) is 0 Å². The summed E-state index contributed by atoms with van der Waals surface area (Å²) in [6.45, 7) is 3.44. The fourth-order valence-corrected chi connectivity index (χ4v) is 3.60. The molecule has 2 aromatic rings. The molecular weight excluding hydrogens is 359 g/mol. The predicted molar refractivity (Wildman–Crippen MR) is 105 cm³/mol. The van der Waals surface area contributed by atoms with Crippen molar-refractivity contribution in [3.63, 3.8) is 0 Å². The summed E-state index contributed by atoms with van der Waals surface area (Å²) in [7, 11) is 1.57. The maximum absolute atomic E-state index is 13.8. The van der Waals surface area contributed by atoms with E-state index >= 15 is 0 Å². The molecule has 0 saturated carbocycles. The Morgan fingerprint density at radius 3 is 2.61 bits per heavy atom. The van der Waals surface area contributed by atoms with Gasteiger partial charge in [0, 0.05) is 38.2 Å². The van der Waals surface area contributed by atoms with Gasteiger partial charge in [-0.15, -0.1) is 0 Å². The summed E-state index contributed by atoms with van der Waals surface area (Å²) in [5, 5.41) is 2.85. The van der Waals surface area contributed by atoms with Crippen LogP contribution in [-0.4, -0.2) is 50.1 Å². The molecule has 5 nitrogen and oxygen atoms in total. The number of likely N-dealkylation sites (tertiary alicyclic amines) is 1. The number of carbonyl (C=O) groups is 2. The van der Waals surface area contributed by atoms with Crippen LogP contribution in [0.4, 0.5) is 4.39 Å². The van der Waals surface area contributed by atoms with Crippen LogP contribution in [0.3, 0.4) is 0 Å². The van der Waals surface area contributed by atoms with Gasteiger partial charge in [-0.25, -0.2) is 4.39 Å². The van der Waals surface area contributed by atoms with E-state index in [4.69, 9.17) is 4.74 Å². The minimum atomic E-state index is -0.437. The molecule has 2 aromatic carbocycles. The van der Waals surface area contributed by atoms with Gasteiger partial charge in [-0.1, -0.05) is 29.8 Å². The first kappa shape index (κ1) is 20.0. The summed E-state index contributed by atoms with van der Waals surface area (Å²) in [6, 6.07) is 13.6. The molecule has 0 bridgehead atoms. The van der Waals surface area contributed by atoms with E-state index in [2.05, 4.69) is 5.32 Å². The molecule has 1 aliphatic heterocycles. The van der Waals surface area contributed by atoms with E-state index in [9.17, 15) is 14.0 Å². The summed E-state index contributed by atoms with van der Waals surface area (Å²) >= 11 is 0. The van der Waals surface area contributed by atoms with Crippen LogP contribution in [0.25, 0.3) is 0 Å². The van der Waals surface area contributed by atoms with Gasteiger partial charge in [-0.3, -0.25) is 9.59 Å². The third kappa shape index (κ3) is 4.57. The fraction of sp³-hybridized carbons (Fsp3) is 0.364. The number of carbonyl (C=O) groups excluding carboxylic acids is 2. The van der Waals surface area contributed by atoms with Crippen LogP contribution >= 0.6 is 0 Å². The molecule has 1 saturated heterocycles. The highest BCUT2D eigenvalue weighted by Crippen LogP contribution is 2.34. The van der Waals surface area contributed by atoms with Gasteiger partial charge in [0.1, 0.15) is 5.82 Å². The highest BCUT2D eigenvalue weighted by atomic mass is 19.1. The van der Waals surface area contributed by atoms with Crippen molar-refractivity contribution in [2.75, 3.05) is 33.4 Å². The summed E-state index contributed by atoms with van der Waals surface area (Å²) in [6.07, 6.45) is 0. The zero-order valence-electron chi connectivity index (χ0n) is 16.2. The second-order valence-electron chi connectivity index (χ2n) is 7.13. The van der Waals surface area contributed by atoms with Crippen molar-refractivity contribution < 1.29 is 18.7 Å². The highest BCUT2D eigenvalue weighted by Gasteiger charge is 2.40. The highest BCUT2D eigenvalue weighted by molar-refractivity contribution is 5.95. The SMILES string of the molecule is COCCNC(=O)[C@@H]1CN(C(=O)c2ccc(C)cc2)C[C@@H]1c1cccc(F)c1. The van der Waals surface area contributed by atoms with Crippen molar-refractivity contribution in [1.29, 1.82) is 0 Å². The van der Waals surface area contributed by atoms with Crippen LogP contribution in [0.1, 0.15) is 27.4 Å². The first-order valence-corrected chi connectivity index (χ1v) is 9.37. The summed E-state index contributed by atoms with van der Waals surface area (Å²) in [5.74, 6) is -1.31. The normalized spacial score (nSPS) is 18.9. The molecule has 1 aliphatic rings. The molecule has 0 radical (unpaired) electrons. The van der Waals surface area contributed by atoms with E-state index in [1.807, 2.05) is 25.1 Å². The number of methoxy groups -OCH3 is 1. The predicted octanol–water partition coefficient (Wildman–Crippen LogP) is 2.75. The maximum atomic E-state index is 13.8. The van der Waals surface area contributed by atoms with Gasteiger partial charge < -0.3 is 15.0 Å². The molecule has 2 amide bonds. The first-order chi connectivity index (χ1) is 13.5. The quantitative estimate of drug-likeness (QED) is 0.779. The first-order valence-electron chi connectivity index (χ1n) is 9.37. The van der Waals surface area contributed by atoms with Crippen molar-refractivity contribution >= 4 is 11.8 Å². The lowest BCUT2D eigenvalue weighted by molar-refractivity contribution is -0.125. The largest absolute Gasteiger partial charge is 0.383 e. The van der Waals surface area contributed by atoms with Gasteiger partial charge in [-0.05, 0) is 36.8 Å². The van der Waals surface area contributed by atoms with Gasteiger partial charge >= 0.3 is 0 Å². The lowest BCUT2D eigenvalue weighted by Crippen LogP contribution is -2.37. The minimum absolute atomic E-state index is 0.117. The number of halogens is 1. The Bertz CT molecular complexity index is 838. The molecule has 1 N–H and O–H groups in total. The van der Waals surface area contributed by atoms with Gasteiger partial charge in [0.15, 0.2) is 0 Å². The van der Waals surface area contributed by atoms with Crippen molar-refractivity contribution in [2.24, 2.45) is 5.92 Å². The summed E-state index contributed by atoms with van der Waals surface area (Å²) in [5.41, 5.74) is 2.39. The van der Waals surface area contributed by atoms with E-state index in [0.29, 0.717) is 31.8 Å². The standard InChI is InChI=1S/C22H25FN2O3/c1-15-6-8-16(9-7-15)22(27)25-13-19(17-4-3-5-18(23)12-17)20(14-25)21(26)24-10-11-28-2/h3-9,12,19-20H,10-11,13-14H2,1-2H3,(H,24,26)/t19-,20-/m1/s1. The van der Waals surface area contributed by atoms with Crippen molar-refractivity contribution in [2.45, 2.75) is 12.8 Å². The Kier molecular flexibility index (Phi) is 6.41. The summed E-state index contributed by atoms with van der Waals surface area (Å²) < 4.78 is 18.7. The van der Waals surface area contributed by atoms with Crippen LogP contribution in [-0.2, 0) is 9.53 Å². The van der Waals surface area contributed by atoms with Crippen LogP contribution in [0.5, 0.6) is 0 Å². The molecule has 1 fully saturated rings. The second-order valence-corrected chi connectivity index (χ2v) is 7.13. The smallest absolute Gasteiger partial charge is 0.253 e. The number of nitrogens with zero attached hydrogens (tertiary/aromatic N) is 1. The third-order valence-corrected chi connectivity index (χ3v) is 5.12. The molecule has 0 spiro atoms.